The molecule has 0 N–H and O–H groups in total. The Bertz CT molecular complexity index is 561. The molecule has 0 aliphatic carbocycles. The van der Waals surface area contributed by atoms with Gasteiger partial charge in [0.15, 0.2) is 5.78 Å². The Morgan fingerprint density at radius 2 is 2.06 bits per heavy atom. The second-order valence-electron chi connectivity index (χ2n) is 4.24. The fourth-order valence-corrected chi connectivity index (χ4v) is 1.61. The van der Waals surface area contributed by atoms with Crippen LogP contribution in [-0.2, 0) is 0 Å². The summed E-state index contributed by atoms with van der Waals surface area (Å²) in [6, 6.07) is 7.45. The number of methoxy groups -OCH3 is 1. The number of carbonyl (C=O) groups is 1. The lowest BCUT2D eigenvalue weighted by Crippen LogP contribution is -2.07. The zero-order valence-corrected chi connectivity index (χ0v) is 10.6. The summed E-state index contributed by atoms with van der Waals surface area (Å²) < 4.78 is 6.79. The summed E-state index contributed by atoms with van der Waals surface area (Å²) in [6.07, 6.45) is 1.63. The molecule has 0 unspecified atom stereocenters. The molecule has 1 aromatic carbocycles. The minimum absolute atomic E-state index is 0.0175. The Morgan fingerprint density at radius 1 is 1.33 bits per heavy atom. The van der Waals surface area contributed by atoms with Crippen LogP contribution in [0.15, 0.2) is 30.5 Å². The number of para-hydroxylation sites is 2. The van der Waals surface area contributed by atoms with Gasteiger partial charge in [-0.05, 0) is 12.1 Å². The van der Waals surface area contributed by atoms with Gasteiger partial charge in [-0.15, -0.1) is 5.10 Å². The Kier molecular flexibility index (Phi) is 3.41. The van der Waals surface area contributed by atoms with Crippen LogP contribution in [0.1, 0.15) is 24.3 Å². The first-order valence-electron chi connectivity index (χ1n) is 5.73. The van der Waals surface area contributed by atoms with Crippen LogP contribution < -0.4 is 4.74 Å². The van der Waals surface area contributed by atoms with Gasteiger partial charge in [0.05, 0.1) is 13.3 Å². The van der Waals surface area contributed by atoms with Crippen molar-refractivity contribution in [3.63, 3.8) is 0 Å². The van der Waals surface area contributed by atoms with Gasteiger partial charge in [-0.3, -0.25) is 4.79 Å². The number of hydrogen-bond donors (Lipinski definition) is 0. The highest BCUT2D eigenvalue weighted by atomic mass is 16.5. The third-order valence-electron chi connectivity index (χ3n) is 2.60. The standard InChI is InChI=1S/C13H15N3O2/c1-9(2)13(17)10-8-16(15-14-10)11-6-4-5-7-12(11)18-3/h4-9H,1-3H3. The van der Waals surface area contributed by atoms with Crippen molar-refractivity contribution < 1.29 is 9.53 Å². The van der Waals surface area contributed by atoms with E-state index in [0.717, 1.165) is 5.69 Å². The molecule has 0 aliphatic rings. The van der Waals surface area contributed by atoms with Gasteiger partial charge in [0.2, 0.25) is 0 Å². The van der Waals surface area contributed by atoms with Crippen molar-refractivity contribution >= 4 is 5.78 Å². The lowest BCUT2D eigenvalue weighted by Gasteiger charge is -2.06. The second kappa shape index (κ2) is 5.00. The first kappa shape index (κ1) is 12.3. The summed E-state index contributed by atoms with van der Waals surface area (Å²) in [6.45, 7) is 3.68. The van der Waals surface area contributed by atoms with E-state index in [1.54, 1.807) is 18.0 Å². The number of Topliss-reactive ketones (excluding diaryl/α,β-unsaturated/α-hetero) is 1. The minimum atomic E-state index is -0.0900. The van der Waals surface area contributed by atoms with Crippen molar-refractivity contribution in [3.05, 3.63) is 36.2 Å². The molecule has 5 heteroatoms. The normalized spacial score (nSPS) is 10.7. The van der Waals surface area contributed by atoms with Crippen molar-refractivity contribution in [3.8, 4) is 11.4 Å². The number of aromatic nitrogens is 3. The van der Waals surface area contributed by atoms with Crippen LogP contribution in [0.25, 0.3) is 5.69 Å². The number of ketones is 1. The van der Waals surface area contributed by atoms with Crippen LogP contribution in [0.3, 0.4) is 0 Å². The van der Waals surface area contributed by atoms with Crippen molar-refractivity contribution in [1.29, 1.82) is 0 Å². The van der Waals surface area contributed by atoms with Gasteiger partial charge in [-0.1, -0.05) is 31.2 Å². The van der Waals surface area contributed by atoms with Gasteiger partial charge in [0, 0.05) is 5.92 Å². The Balaban J connectivity index is 2.38. The van der Waals surface area contributed by atoms with E-state index >= 15 is 0 Å². The first-order valence-corrected chi connectivity index (χ1v) is 5.73. The van der Waals surface area contributed by atoms with Crippen LogP contribution in [0.4, 0.5) is 0 Å². The van der Waals surface area contributed by atoms with E-state index < -0.39 is 0 Å². The Hall–Kier alpha value is -2.17. The molecule has 0 atom stereocenters. The minimum Gasteiger partial charge on any atom is -0.494 e. The lowest BCUT2D eigenvalue weighted by atomic mass is 10.1. The molecule has 1 aromatic heterocycles. The third-order valence-corrected chi connectivity index (χ3v) is 2.60. The highest BCUT2D eigenvalue weighted by molar-refractivity contribution is 5.95. The maximum atomic E-state index is 11.8. The number of hydrogen-bond acceptors (Lipinski definition) is 4. The highest BCUT2D eigenvalue weighted by Gasteiger charge is 2.15. The van der Waals surface area contributed by atoms with E-state index in [9.17, 15) is 4.79 Å². The van der Waals surface area contributed by atoms with E-state index in [4.69, 9.17) is 4.74 Å². The quantitative estimate of drug-likeness (QED) is 0.774. The molecule has 2 aromatic rings. The predicted octanol–water partition coefficient (Wildman–Crippen LogP) is 2.11. The summed E-state index contributed by atoms with van der Waals surface area (Å²) in [7, 11) is 1.59. The van der Waals surface area contributed by atoms with E-state index in [1.807, 2.05) is 38.1 Å². The van der Waals surface area contributed by atoms with Crippen molar-refractivity contribution in [1.82, 2.24) is 15.0 Å². The summed E-state index contributed by atoms with van der Waals surface area (Å²) in [5, 5.41) is 7.86. The Labute approximate surface area is 105 Å². The van der Waals surface area contributed by atoms with Gasteiger partial charge < -0.3 is 4.74 Å². The van der Waals surface area contributed by atoms with Crippen molar-refractivity contribution in [2.75, 3.05) is 7.11 Å². The third kappa shape index (κ3) is 2.25. The van der Waals surface area contributed by atoms with Gasteiger partial charge in [-0.2, -0.15) is 0 Å². The molecule has 5 nitrogen and oxygen atoms in total. The fraction of sp³-hybridized carbons (Fsp3) is 0.308. The summed E-state index contributed by atoms with van der Waals surface area (Å²) in [5.41, 5.74) is 1.13. The largest absolute Gasteiger partial charge is 0.494 e. The molecule has 94 valence electrons. The van der Waals surface area contributed by atoms with E-state index in [-0.39, 0.29) is 11.7 Å². The molecule has 0 fully saturated rings. The Morgan fingerprint density at radius 3 is 2.72 bits per heavy atom. The van der Waals surface area contributed by atoms with Gasteiger partial charge in [0.1, 0.15) is 17.1 Å². The molecular formula is C13H15N3O2. The van der Waals surface area contributed by atoms with Crippen LogP contribution in [0, 0.1) is 5.92 Å². The van der Waals surface area contributed by atoms with Gasteiger partial charge >= 0.3 is 0 Å². The molecule has 2 rings (SSSR count). The fourth-order valence-electron chi connectivity index (χ4n) is 1.61. The maximum Gasteiger partial charge on any atom is 0.187 e. The molecule has 0 saturated heterocycles. The zero-order chi connectivity index (χ0) is 13.1. The van der Waals surface area contributed by atoms with Crippen LogP contribution in [-0.4, -0.2) is 27.9 Å². The zero-order valence-electron chi connectivity index (χ0n) is 10.6. The van der Waals surface area contributed by atoms with Crippen LogP contribution in [0.2, 0.25) is 0 Å². The summed E-state index contributed by atoms with van der Waals surface area (Å²) in [5.74, 6) is 0.579. The van der Waals surface area contributed by atoms with E-state index in [1.165, 1.54) is 0 Å². The number of rotatable bonds is 4. The molecule has 0 amide bonds. The summed E-state index contributed by atoms with van der Waals surface area (Å²) in [4.78, 5) is 11.8. The van der Waals surface area contributed by atoms with Gasteiger partial charge in [-0.25, -0.2) is 4.68 Å². The number of nitrogens with zero attached hydrogens (tertiary/aromatic N) is 3. The molecule has 0 spiro atoms. The highest BCUT2D eigenvalue weighted by Crippen LogP contribution is 2.21. The van der Waals surface area contributed by atoms with E-state index in [2.05, 4.69) is 10.3 Å². The van der Waals surface area contributed by atoms with Crippen molar-refractivity contribution in [2.24, 2.45) is 5.92 Å². The SMILES string of the molecule is COc1ccccc1-n1cc(C(=O)C(C)C)nn1. The molecule has 0 aliphatic heterocycles. The molecular weight excluding hydrogens is 230 g/mol. The first-order chi connectivity index (χ1) is 8.63. The maximum absolute atomic E-state index is 11.8. The van der Waals surface area contributed by atoms with E-state index in [0.29, 0.717) is 11.4 Å². The summed E-state index contributed by atoms with van der Waals surface area (Å²) >= 11 is 0. The molecule has 0 bridgehead atoms. The second-order valence-corrected chi connectivity index (χ2v) is 4.24. The topological polar surface area (TPSA) is 57.0 Å². The average Bonchev–Trinajstić information content (AvgIpc) is 2.87. The monoisotopic (exact) mass is 245 g/mol. The molecule has 0 saturated carbocycles. The van der Waals surface area contributed by atoms with Crippen molar-refractivity contribution in [2.45, 2.75) is 13.8 Å². The molecule has 18 heavy (non-hydrogen) atoms. The predicted molar refractivity (Wildman–Crippen MR) is 67.1 cm³/mol. The molecule has 1 heterocycles. The van der Waals surface area contributed by atoms with Crippen LogP contribution in [0.5, 0.6) is 5.75 Å². The average molecular weight is 245 g/mol. The number of benzene rings is 1. The number of carbonyl (C=O) groups excluding carboxylic acids is 1. The van der Waals surface area contributed by atoms with Gasteiger partial charge in [0.25, 0.3) is 0 Å². The number of ether oxygens (including phenoxy) is 1. The van der Waals surface area contributed by atoms with Crippen LogP contribution >= 0.6 is 0 Å². The smallest absolute Gasteiger partial charge is 0.187 e. The lowest BCUT2D eigenvalue weighted by molar-refractivity contribution is 0.0934. The molecule has 0 radical (unpaired) electrons.